The number of aryl methyl sites for hydroxylation is 1. The lowest BCUT2D eigenvalue weighted by atomic mass is 10.00. The van der Waals surface area contributed by atoms with E-state index in [9.17, 15) is 9.59 Å². The molecule has 0 saturated carbocycles. The summed E-state index contributed by atoms with van der Waals surface area (Å²) >= 11 is 0. The average Bonchev–Trinajstić information content (AvgIpc) is 2.82. The Morgan fingerprint density at radius 1 is 1.00 bits per heavy atom. The predicted molar refractivity (Wildman–Crippen MR) is 128 cm³/mol. The Balaban J connectivity index is 1.44. The normalized spacial score (nSPS) is 10.8. The number of ether oxygens (including phenoxy) is 1. The quantitative estimate of drug-likeness (QED) is 0.398. The van der Waals surface area contributed by atoms with E-state index in [1.807, 2.05) is 55.5 Å². The van der Waals surface area contributed by atoms with Crippen LogP contribution in [-0.2, 0) is 17.6 Å². The van der Waals surface area contributed by atoms with E-state index in [-0.39, 0.29) is 24.7 Å². The minimum atomic E-state index is -0.372. The first-order valence-electron chi connectivity index (χ1n) is 10.8. The lowest BCUT2D eigenvalue weighted by Crippen LogP contribution is -2.20. The molecule has 0 radical (unpaired) electrons. The van der Waals surface area contributed by atoms with E-state index in [4.69, 9.17) is 14.3 Å². The number of benzene rings is 3. The molecule has 4 aromatic rings. The molecule has 0 aliphatic carbocycles. The van der Waals surface area contributed by atoms with E-state index in [0.29, 0.717) is 35.4 Å². The number of rotatable bonds is 8. The Kier molecular flexibility index (Phi) is 6.86. The SMILES string of the molecule is Cc1c(Cc2ccccc2)c(=O)oc2cc(OCC(=O)Nc3ccc(CCO)cc3)ccc12. The Morgan fingerprint density at radius 3 is 2.48 bits per heavy atom. The summed E-state index contributed by atoms with van der Waals surface area (Å²) in [6, 6.07) is 22.3. The van der Waals surface area contributed by atoms with Crippen molar-refractivity contribution in [2.75, 3.05) is 18.5 Å². The number of fused-ring (bicyclic) bond motifs is 1. The molecule has 0 spiro atoms. The number of hydrogen-bond donors (Lipinski definition) is 2. The van der Waals surface area contributed by atoms with Gasteiger partial charge in [0.1, 0.15) is 11.3 Å². The number of amides is 1. The molecular weight excluding hydrogens is 418 g/mol. The zero-order chi connectivity index (χ0) is 23.2. The highest BCUT2D eigenvalue weighted by Crippen LogP contribution is 2.25. The van der Waals surface area contributed by atoms with Crippen molar-refractivity contribution in [1.29, 1.82) is 0 Å². The fourth-order valence-corrected chi connectivity index (χ4v) is 3.70. The maximum Gasteiger partial charge on any atom is 0.340 e. The Bertz CT molecular complexity index is 1310. The van der Waals surface area contributed by atoms with E-state index >= 15 is 0 Å². The molecule has 4 rings (SSSR count). The molecule has 6 nitrogen and oxygen atoms in total. The summed E-state index contributed by atoms with van der Waals surface area (Å²) in [6.07, 6.45) is 1.08. The second-order valence-electron chi connectivity index (χ2n) is 7.82. The number of nitrogens with one attached hydrogen (secondary N) is 1. The highest BCUT2D eigenvalue weighted by atomic mass is 16.5. The molecule has 168 valence electrons. The predicted octanol–water partition coefficient (Wildman–Crippen LogP) is 4.24. The maximum atomic E-state index is 12.6. The zero-order valence-corrected chi connectivity index (χ0v) is 18.3. The molecule has 0 aliphatic heterocycles. The van der Waals surface area contributed by atoms with Crippen LogP contribution >= 0.6 is 0 Å². The largest absolute Gasteiger partial charge is 0.484 e. The van der Waals surface area contributed by atoms with Crippen molar-refractivity contribution in [2.24, 2.45) is 0 Å². The van der Waals surface area contributed by atoms with Crippen LogP contribution in [-0.4, -0.2) is 24.2 Å². The number of anilines is 1. The Morgan fingerprint density at radius 2 is 1.76 bits per heavy atom. The fraction of sp³-hybridized carbons (Fsp3) is 0.185. The number of carbonyl (C=O) groups is 1. The molecule has 2 N–H and O–H groups in total. The van der Waals surface area contributed by atoms with Crippen LogP contribution in [0.1, 0.15) is 22.3 Å². The molecule has 1 heterocycles. The van der Waals surface area contributed by atoms with Gasteiger partial charge in [0.05, 0.1) is 0 Å². The lowest BCUT2D eigenvalue weighted by molar-refractivity contribution is -0.118. The summed E-state index contributed by atoms with van der Waals surface area (Å²) in [5, 5.41) is 12.6. The molecule has 0 bridgehead atoms. The number of hydrogen-bond acceptors (Lipinski definition) is 5. The van der Waals surface area contributed by atoms with Crippen molar-refractivity contribution in [3.05, 3.63) is 105 Å². The van der Waals surface area contributed by atoms with Crippen LogP contribution in [0, 0.1) is 6.92 Å². The van der Waals surface area contributed by atoms with Gasteiger partial charge in [-0.15, -0.1) is 0 Å². The third-order valence-corrected chi connectivity index (χ3v) is 5.49. The molecule has 3 aromatic carbocycles. The zero-order valence-electron chi connectivity index (χ0n) is 18.3. The van der Waals surface area contributed by atoms with E-state index in [1.54, 1.807) is 24.3 Å². The number of aliphatic hydroxyl groups excluding tert-OH is 1. The smallest absolute Gasteiger partial charge is 0.340 e. The van der Waals surface area contributed by atoms with E-state index in [2.05, 4.69) is 5.32 Å². The average molecular weight is 443 g/mol. The van der Waals surface area contributed by atoms with Gasteiger partial charge >= 0.3 is 5.63 Å². The topological polar surface area (TPSA) is 88.8 Å². The minimum Gasteiger partial charge on any atom is -0.484 e. The third kappa shape index (κ3) is 5.48. The summed E-state index contributed by atoms with van der Waals surface area (Å²) in [5.74, 6) is 0.134. The van der Waals surface area contributed by atoms with E-state index < -0.39 is 0 Å². The fourth-order valence-electron chi connectivity index (χ4n) is 3.70. The van der Waals surface area contributed by atoms with Crippen LogP contribution in [0.25, 0.3) is 11.0 Å². The van der Waals surface area contributed by atoms with Gasteiger partial charge in [0.25, 0.3) is 5.91 Å². The first-order valence-corrected chi connectivity index (χ1v) is 10.8. The summed E-state index contributed by atoms with van der Waals surface area (Å²) in [6.45, 7) is 1.82. The summed E-state index contributed by atoms with van der Waals surface area (Å²) in [4.78, 5) is 24.9. The van der Waals surface area contributed by atoms with Crippen molar-refractivity contribution < 1.29 is 19.1 Å². The van der Waals surface area contributed by atoms with Crippen molar-refractivity contribution in [3.8, 4) is 5.75 Å². The standard InChI is InChI=1S/C27H25NO5/c1-18-23-12-11-22(32-17-26(30)28-21-9-7-19(8-10-21)13-14-29)16-25(23)33-27(31)24(18)15-20-5-3-2-4-6-20/h2-12,16,29H,13-15,17H2,1H3,(H,28,30). The van der Waals surface area contributed by atoms with Crippen LogP contribution in [0.2, 0.25) is 0 Å². The molecule has 0 atom stereocenters. The highest BCUT2D eigenvalue weighted by molar-refractivity contribution is 5.92. The molecule has 0 aliphatic rings. The second-order valence-corrected chi connectivity index (χ2v) is 7.82. The van der Waals surface area contributed by atoms with E-state index in [1.165, 1.54) is 0 Å². The monoisotopic (exact) mass is 443 g/mol. The minimum absolute atomic E-state index is 0.0826. The molecular formula is C27H25NO5. The maximum absolute atomic E-state index is 12.6. The summed E-state index contributed by atoms with van der Waals surface area (Å²) < 4.78 is 11.2. The van der Waals surface area contributed by atoms with Gasteiger partial charge in [0, 0.05) is 35.7 Å². The first-order chi connectivity index (χ1) is 16.0. The van der Waals surface area contributed by atoms with Gasteiger partial charge < -0.3 is 19.6 Å². The third-order valence-electron chi connectivity index (χ3n) is 5.49. The van der Waals surface area contributed by atoms with Gasteiger partial charge in [0.15, 0.2) is 6.61 Å². The summed E-state index contributed by atoms with van der Waals surface area (Å²) in [5.41, 5.74) is 4.24. The molecule has 1 amide bonds. The highest BCUT2D eigenvalue weighted by Gasteiger charge is 2.13. The molecule has 33 heavy (non-hydrogen) atoms. The first kappa shape index (κ1) is 22.3. The van der Waals surface area contributed by atoms with Crippen molar-refractivity contribution in [1.82, 2.24) is 0 Å². The van der Waals surface area contributed by atoms with Gasteiger partial charge in [-0.25, -0.2) is 4.79 Å². The van der Waals surface area contributed by atoms with Crippen molar-refractivity contribution in [3.63, 3.8) is 0 Å². The van der Waals surface area contributed by atoms with Crippen molar-refractivity contribution >= 4 is 22.6 Å². The molecule has 0 saturated heterocycles. The van der Waals surface area contributed by atoms with Crippen molar-refractivity contribution in [2.45, 2.75) is 19.8 Å². The van der Waals surface area contributed by atoms with Crippen LogP contribution in [0.15, 0.2) is 82.0 Å². The van der Waals surface area contributed by atoms with Crippen LogP contribution in [0.4, 0.5) is 5.69 Å². The lowest BCUT2D eigenvalue weighted by Gasteiger charge is -2.11. The molecule has 1 aromatic heterocycles. The van der Waals surface area contributed by atoms with Crippen LogP contribution in [0.3, 0.4) is 0 Å². The van der Waals surface area contributed by atoms with E-state index in [0.717, 1.165) is 22.1 Å². The Hall–Kier alpha value is -3.90. The van der Waals surface area contributed by atoms with Gasteiger partial charge in [-0.2, -0.15) is 0 Å². The Labute approximate surface area is 191 Å². The second kappa shape index (κ2) is 10.1. The van der Waals surface area contributed by atoms with Gasteiger partial charge in [-0.05, 0) is 54.3 Å². The molecule has 0 unspecified atom stereocenters. The van der Waals surface area contributed by atoms with Gasteiger partial charge in [-0.3, -0.25) is 4.79 Å². The van der Waals surface area contributed by atoms with Gasteiger partial charge in [0.2, 0.25) is 0 Å². The van der Waals surface area contributed by atoms with Crippen LogP contribution in [0.5, 0.6) is 5.75 Å². The molecule has 6 heteroatoms. The summed E-state index contributed by atoms with van der Waals surface area (Å²) in [7, 11) is 0. The number of aliphatic hydroxyl groups is 1. The van der Waals surface area contributed by atoms with Gasteiger partial charge in [-0.1, -0.05) is 42.5 Å². The molecule has 0 fully saturated rings. The van der Waals surface area contributed by atoms with Crippen LogP contribution < -0.4 is 15.7 Å². The number of carbonyl (C=O) groups excluding carboxylic acids is 1.